The summed E-state index contributed by atoms with van der Waals surface area (Å²) in [6.45, 7) is 6.11. The molecule has 140 valence electrons. The highest BCUT2D eigenvalue weighted by atomic mass is 32.2. The molecule has 7 heteroatoms. The summed E-state index contributed by atoms with van der Waals surface area (Å²) in [5.74, 6) is -0.460. The van der Waals surface area contributed by atoms with Gasteiger partial charge < -0.3 is 9.47 Å². The molecule has 0 radical (unpaired) electrons. The number of sulfonamides is 1. The lowest BCUT2D eigenvalue weighted by Gasteiger charge is -2.31. The molecule has 26 heavy (non-hydrogen) atoms. The van der Waals surface area contributed by atoms with Crippen molar-refractivity contribution in [3.8, 4) is 0 Å². The standard InChI is InChI=1S/C19H23NO5S/c1-4-24-18(20-26(22,23)15-7-5-13(2)6-8-15)16-12-25-19(3)10-9-14(21)11-17(16)19/h5-10,16-17H,4,11-12H2,1-3H3/b20-18+/t16-,17+,19+/m0/s1. The van der Waals surface area contributed by atoms with Gasteiger partial charge in [0, 0.05) is 12.3 Å². The largest absolute Gasteiger partial charge is 0.480 e. The summed E-state index contributed by atoms with van der Waals surface area (Å²) >= 11 is 0. The fourth-order valence-corrected chi connectivity index (χ4v) is 4.44. The lowest BCUT2D eigenvalue weighted by molar-refractivity contribution is -0.117. The van der Waals surface area contributed by atoms with Crippen LogP contribution in [0, 0.1) is 18.8 Å². The van der Waals surface area contributed by atoms with Crippen LogP contribution in [0.1, 0.15) is 25.8 Å². The van der Waals surface area contributed by atoms with E-state index in [-0.39, 0.29) is 48.0 Å². The van der Waals surface area contributed by atoms with Crippen LogP contribution in [0.3, 0.4) is 0 Å². The zero-order chi connectivity index (χ0) is 18.9. The van der Waals surface area contributed by atoms with Gasteiger partial charge in [0.2, 0.25) is 5.90 Å². The number of allylic oxidation sites excluding steroid dienone is 1. The second-order valence-electron chi connectivity index (χ2n) is 6.86. The number of hydrogen-bond acceptors (Lipinski definition) is 5. The predicted molar refractivity (Wildman–Crippen MR) is 97.5 cm³/mol. The predicted octanol–water partition coefficient (Wildman–Crippen LogP) is 2.67. The number of carbonyl (C=O) groups is 1. The Morgan fingerprint density at radius 2 is 2.04 bits per heavy atom. The first kappa shape index (κ1) is 18.8. The van der Waals surface area contributed by atoms with Gasteiger partial charge in [0.1, 0.15) is 0 Å². The number of hydrogen-bond donors (Lipinski definition) is 0. The van der Waals surface area contributed by atoms with E-state index in [2.05, 4.69) is 4.40 Å². The third-order valence-corrected chi connectivity index (χ3v) is 6.24. The number of carbonyl (C=O) groups excluding carboxylic acids is 1. The molecule has 0 saturated carbocycles. The number of aryl methyl sites for hydroxylation is 1. The minimum atomic E-state index is -3.90. The van der Waals surface area contributed by atoms with Crippen molar-refractivity contribution >= 4 is 21.7 Å². The highest BCUT2D eigenvalue weighted by Crippen LogP contribution is 2.43. The second-order valence-corrected chi connectivity index (χ2v) is 8.47. The summed E-state index contributed by atoms with van der Waals surface area (Å²) in [7, 11) is -3.90. The Labute approximate surface area is 154 Å². The SMILES string of the molecule is CCO/C(=N/S(=O)(=O)c1ccc(C)cc1)[C@H]1CO[C@]2(C)C=CC(=O)C[C@H]12. The van der Waals surface area contributed by atoms with E-state index < -0.39 is 15.6 Å². The average Bonchev–Trinajstić information content (AvgIpc) is 2.92. The smallest absolute Gasteiger partial charge is 0.285 e. The number of benzene rings is 1. The van der Waals surface area contributed by atoms with Crippen LogP contribution in [0.5, 0.6) is 0 Å². The Kier molecular flexibility index (Phi) is 5.03. The van der Waals surface area contributed by atoms with Gasteiger partial charge in [-0.15, -0.1) is 4.40 Å². The third kappa shape index (κ3) is 3.59. The summed E-state index contributed by atoms with van der Waals surface area (Å²) < 4.78 is 40.8. The van der Waals surface area contributed by atoms with Gasteiger partial charge in [-0.2, -0.15) is 8.42 Å². The minimum absolute atomic E-state index is 0.000199. The average molecular weight is 377 g/mol. The first-order valence-electron chi connectivity index (χ1n) is 8.65. The first-order chi connectivity index (χ1) is 12.2. The van der Waals surface area contributed by atoms with Crippen molar-refractivity contribution in [2.75, 3.05) is 13.2 Å². The van der Waals surface area contributed by atoms with Crippen LogP contribution in [-0.2, 0) is 24.3 Å². The lowest BCUT2D eigenvalue weighted by atomic mass is 9.75. The van der Waals surface area contributed by atoms with E-state index >= 15 is 0 Å². The van der Waals surface area contributed by atoms with Gasteiger partial charge in [-0.05, 0) is 45.1 Å². The number of rotatable bonds is 4. The summed E-state index contributed by atoms with van der Waals surface area (Å²) in [4.78, 5) is 12.0. The van der Waals surface area contributed by atoms with Gasteiger partial charge in [-0.25, -0.2) is 0 Å². The molecule has 1 fully saturated rings. The van der Waals surface area contributed by atoms with Crippen LogP contribution in [0.15, 0.2) is 45.7 Å². The van der Waals surface area contributed by atoms with Crippen LogP contribution < -0.4 is 0 Å². The highest BCUT2D eigenvalue weighted by molar-refractivity contribution is 7.90. The molecule has 1 aliphatic heterocycles. The number of ether oxygens (including phenoxy) is 2. The zero-order valence-corrected chi connectivity index (χ0v) is 16.0. The Bertz CT molecular complexity index is 856. The lowest BCUT2D eigenvalue weighted by Crippen LogP contribution is -2.38. The van der Waals surface area contributed by atoms with Gasteiger partial charge in [0.25, 0.3) is 10.0 Å². The molecule has 0 spiro atoms. The zero-order valence-electron chi connectivity index (χ0n) is 15.1. The molecule has 1 saturated heterocycles. The Morgan fingerprint density at radius 1 is 1.35 bits per heavy atom. The third-order valence-electron chi connectivity index (χ3n) is 4.96. The van der Waals surface area contributed by atoms with E-state index in [1.165, 1.54) is 18.2 Å². The number of fused-ring (bicyclic) bond motifs is 1. The van der Waals surface area contributed by atoms with Crippen molar-refractivity contribution in [1.29, 1.82) is 0 Å². The fraction of sp³-hybridized carbons (Fsp3) is 0.474. The van der Waals surface area contributed by atoms with E-state index in [1.54, 1.807) is 25.1 Å². The van der Waals surface area contributed by atoms with Crippen molar-refractivity contribution in [2.45, 2.75) is 37.7 Å². The highest BCUT2D eigenvalue weighted by Gasteiger charge is 2.50. The van der Waals surface area contributed by atoms with Crippen molar-refractivity contribution in [1.82, 2.24) is 0 Å². The van der Waals surface area contributed by atoms with E-state index in [1.807, 2.05) is 13.8 Å². The number of nitrogens with zero attached hydrogens (tertiary/aromatic N) is 1. The van der Waals surface area contributed by atoms with Gasteiger partial charge in [0.15, 0.2) is 5.78 Å². The van der Waals surface area contributed by atoms with Gasteiger partial charge >= 0.3 is 0 Å². The van der Waals surface area contributed by atoms with E-state index in [0.29, 0.717) is 0 Å². The summed E-state index contributed by atoms with van der Waals surface area (Å²) in [5.41, 5.74) is 0.356. The summed E-state index contributed by atoms with van der Waals surface area (Å²) in [6.07, 6.45) is 3.56. The van der Waals surface area contributed by atoms with Crippen molar-refractivity contribution < 1.29 is 22.7 Å². The van der Waals surface area contributed by atoms with Crippen LogP contribution in [0.4, 0.5) is 0 Å². The van der Waals surface area contributed by atoms with E-state index in [4.69, 9.17) is 9.47 Å². The van der Waals surface area contributed by atoms with E-state index in [9.17, 15) is 13.2 Å². The Balaban J connectivity index is 1.96. The molecule has 1 aliphatic carbocycles. The minimum Gasteiger partial charge on any atom is -0.480 e. The van der Waals surface area contributed by atoms with Crippen LogP contribution in [0.2, 0.25) is 0 Å². The maximum Gasteiger partial charge on any atom is 0.285 e. The molecule has 6 nitrogen and oxygen atoms in total. The molecule has 3 rings (SSSR count). The molecule has 3 atom stereocenters. The topological polar surface area (TPSA) is 82.0 Å². The molecule has 1 aromatic rings. The number of ketones is 1. The summed E-state index contributed by atoms with van der Waals surface area (Å²) in [6, 6.07) is 6.51. The summed E-state index contributed by atoms with van der Waals surface area (Å²) in [5, 5.41) is 0. The molecule has 0 bridgehead atoms. The van der Waals surface area contributed by atoms with E-state index in [0.717, 1.165) is 5.56 Å². The molecule has 0 unspecified atom stereocenters. The normalized spacial score (nSPS) is 28.9. The fourth-order valence-electron chi connectivity index (χ4n) is 3.43. The first-order valence-corrected chi connectivity index (χ1v) is 10.1. The molecule has 0 N–H and O–H groups in total. The Hall–Kier alpha value is -1.99. The second kappa shape index (κ2) is 6.96. The van der Waals surface area contributed by atoms with Crippen LogP contribution in [0.25, 0.3) is 0 Å². The van der Waals surface area contributed by atoms with Crippen molar-refractivity contribution in [2.24, 2.45) is 16.2 Å². The Morgan fingerprint density at radius 3 is 2.69 bits per heavy atom. The molecule has 1 aromatic carbocycles. The maximum absolute atomic E-state index is 12.7. The quantitative estimate of drug-likeness (QED) is 0.595. The van der Waals surface area contributed by atoms with Gasteiger partial charge in [-0.3, -0.25) is 4.79 Å². The van der Waals surface area contributed by atoms with Gasteiger partial charge in [0.05, 0.1) is 29.6 Å². The molecule has 2 aliphatic rings. The van der Waals surface area contributed by atoms with Crippen molar-refractivity contribution in [3.05, 3.63) is 42.0 Å². The molecular weight excluding hydrogens is 354 g/mol. The van der Waals surface area contributed by atoms with Crippen LogP contribution in [-0.4, -0.2) is 38.9 Å². The monoisotopic (exact) mass is 377 g/mol. The van der Waals surface area contributed by atoms with Crippen molar-refractivity contribution in [3.63, 3.8) is 0 Å². The molecule has 0 aromatic heterocycles. The molecule has 0 amide bonds. The molecule has 1 heterocycles. The maximum atomic E-state index is 12.7. The van der Waals surface area contributed by atoms with Gasteiger partial charge in [-0.1, -0.05) is 17.7 Å². The van der Waals surface area contributed by atoms with Crippen LogP contribution >= 0.6 is 0 Å². The molecular formula is C19H23NO5S.